The largest absolute Gasteiger partial charge is 0.497 e. The Morgan fingerprint density at radius 2 is 1.65 bits per heavy atom. The molecule has 5 nitrogen and oxygen atoms in total. The molecule has 0 aliphatic carbocycles. The summed E-state index contributed by atoms with van der Waals surface area (Å²) in [7, 11) is 4.85. The summed E-state index contributed by atoms with van der Waals surface area (Å²) in [6.45, 7) is 2.06. The molecular formula is C21H27NO4. The van der Waals surface area contributed by atoms with Gasteiger partial charge in [0.1, 0.15) is 5.75 Å². The highest BCUT2D eigenvalue weighted by Gasteiger charge is 2.13. The molecule has 0 aromatic heterocycles. The number of hydrogen-bond donors (Lipinski definition) is 1. The number of nitrogens with one attached hydrogen (secondary N) is 1. The molecule has 140 valence electrons. The first kappa shape index (κ1) is 19.6. The topological polar surface area (TPSA) is 56.8 Å². The number of benzene rings is 2. The molecule has 1 amide bonds. The molecule has 0 aliphatic heterocycles. The maximum Gasteiger partial charge on any atom is 0.220 e. The number of amides is 1. The van der Waals surface area contributed by atoms with E-state index in [-0.39, 0.29) is 11.9 Å². The van der Waals surface area contributed by atoms with Crippen molar-refractivity contribution in [2.45, 2.75) is 32.2 Å². The standard InChI is InChI=1S/C21H27NO4/c1-5-18(16-8-10-17(24-2)11-9-16)22-21(23)13-7-15-6-12-19(25-3)20(14-15)26-4/h6,8-12,14,18H,5,7,13H2,1-4H3,(H,22,23)/t18-/m1/s1. The third-order valence-corrected chi connectivity index (χ3v) is 4.35. The highest BCUT2D eigenvalue weighted by atomic mass is 16.5. The quantitative estimate of drug-likeness (QED) is 0.739. The van der Waals surface area contributed by atoms with Crippen LogP contribution in [0.25, 0.3) is 0 Å². The fourth-order valence-electron chi connectivity index (χ4n) is 2.82. The summed E-state index contributed by atoms with van der Waals surface area (Å²) in [4.78, 5) is 12.4. The van der Waals surface area contributed by atoms with Crippen LogP contribution in [0.3, 0.4) is 0 Å². The lowest BCUT2D eigenvalue weighted by Crippen LogP contribution is -2.28. The second-order valence-electron chi connectivity index (χ2n) is 5.99. The minimum Gasteiger partial charge on any atom is -0.497 e. The van der Waals surface area contributed by atoms with Gasteiger partial charge in [0.2, 0.25) is 5.91 Å². The van der Waals surface area contributed by atoms with Crippen molar-refractivity contribution < 1.29 is 19.0 Å². The molecule has 1 N–H and O–H groups in total. The fraction of sp³-hybridized carbons (Fsp3) is 0.381. The van der Waals surface area contributed by atoms with Gasteiger partial charge in [-0.3, -0.25) is 4.79 Å². The number of hydrogen-bond acceptors (Lipinski definition) is 4. The Balaban J connectivity index is 1.94. The molecule has 2 aromatic rings. The first-order valence-electron chi connectivity index (χ1n) is 8.75. The molecule has 0 fully saturated rings. The van der Waals surface area contributed by atoms with Gasteiger partial charge >= 0.3 is 0 Å². The molecule has 0 unspecified atom stereocenters. The van der Waals surface area contributed by atoms with E-state index in [1.54, 1.807) is 21.3 Å². The van der Waals surface area contributed by atoms with Crippen LogP contribution >= 0.6 is 0 Å². The number of methoxy groups -OCH3 is 3. The third kappa shape index (κ3) is 5.15. The van der Waals surface area contributed by atoms with Gasteiger partial charge in [-0.1, -0.05) is 25.1 Å². The molecule has 5 heteroatoms. The second kappa shape index (κ2) is 9.70. The normalized spacial score (nSPS) is 11.5. The maximum absolute atomic E-state index is 12.4. The van der Waals surface area contributed by atoms with Gasteiger partial charge in [-0.2, -0.15) is 0 Å². The smallest absolute Gasteiger partial charge is 0.220 e. The Morgan fingerprint density at radius 1 is 0.962 bits per heavy atom. The van der Waals surface area contributed by atoms with Gasteiger partial charge in [0.05, 0.1) is 27.4 Å². The van der Waals surface area contributed by atoms with Crippen LogP contribution in [-0.4, -0.2) is 27.2 Å². The van der Waals surface area contributed by atoms with Gasteiger partial charge in [-0.15, -0.1) is 0 Å². The van der Waals surface area contributed by atoms with E-state index in [0.717, 1.165) is 23.3 Å². The molecule has 0 aliphatic rings. The molecule has 0 spiro atoms. The number of carbonyl (C=O) groups is 1. The molecule has 2 aromatic carbocycles. The SMILES string of the molecule is CC[C@@H](NC(=O)CCc1ccc(OC)c(OC)c1)c1ccc(OC)cc1. The van der Waals surface area contributed by atoms with Crippen molar-refractivity contribution in [1.82, 2.24) is 5.32 Å². The van der Waals surface area contributed by atoms with Crippen molar-refractivity contribution >= 4 is 5.91 Å². The summed E-state index contributed by atoms with van der Waals surface area (Å²) in [5.74, 6) is 2.20. The van der Waals surface area contributed by atoms with Crippen molar-refractivity contribution in [2.75, 3.05) is 21.3 Å². The van der Waals surface area contributed by atoms with Gasteiger partial charge in [0, 0.05) is 6.42 Å². The highest BCUT2D eigenvalue weighted by molar-refractivity contribution is 5.76. The van der Waals surface area contributed by atoms with Crippen LogP contribution in [0.2, 0.25) is 0 Å². The van der Waals surface area contributed by atoms with Gasteiger partial charge in [-0.25, -0.2) is 0 Å². The average molecular weight is 357 g/mol. The van der Waals surface area contributed by atoms with Crippen molar-refractivity contribution in [3.63, 3.8) is 0 Å². The fourth-order valence-corrected chi connectivity index (χ4v) is 2.82. The number of ether oxygens (including phenoxy) is 3. The van der Waals surface area contributed by atoms with Crippen molar-refractivity contribution in [3.8, 4) is 17.2 Å². The van der Waals surface area contributed by atoms with Gasteiger partial charge in [0.15, 0.2) is 11.5 Å². The highest BCUT2D eigenvalue weighted by Crippen LogP contribution is 2.28. The zero-order valence-corrected chi connectivity index (χ0v) is 15.9. The third-order valence-electron chi connectivity index (χ3n) is 4.35. The second-order valence-corrected chi connectivity index (χ2v) is 5.99. The summed E-state index contributed by atoms with van der Waals surface area (Å²) < 4.78 is 15.7. The van der Waals surface area contributed by atoms with E-state index in [2.05, 4.69) is 12.2 Å². The Morgan fingerprint density at radius 3 is 2.23 bits per heavy atom. The molecular weight excluding hydrogens is 330 g/mol. The zero-order chi connectivity index (χ0) is 18.9. The Hall–Kier alpha value is -2.69. The van der Waals surface area contributed by atoms with Crippen molar-refractivity contribution in [2.24, 2.45) is 0 Å². The summed E-state index contributed by atoms with van der Waals surface area (Å²) >= 11 is 0. The van der Waals surface area contributed by atoms with E-state index < -0.39 is 0 Å². The lowest BCUT2D eigenvalue weighted by atomic mass is 10.0. The van der Waals surface area contributed by atoms with Gasteiger partial charge in [-0.05, 0) is 48.2 Å². The van der Waals surface area contributed by atoms with E-state index >= 15 is 0 Å². The van der Waals surface area contributed by atoms with Crippen LogP contribution in [0.4, 0.5) is 0 Å². The molecule has 1 atom stereocenters. The Bertz CT molecular complexity index is 712. The minimum absolute atomic E-state index is 0.00110. The Kier molecular flexibility index (Phi) is 7.33. The van der Waals surface area contributed by atoms with Crippen LogP contribution in [0.5, 0.6) is 17.2 Å². The van der Waals surface area contributed by atoms with E-state index in [4.69, 9.17) is 14.2 Å². The number of rotatable bonds is 9. The van der Waals surface area contributed by atoms with E-state index in [0.29, 0.717) is 24.3 Å². The molecule has 26 heavy (non-hydrogen) atoms. The van der Waals surface area contributed by atoms with Crippen LogP contribution in [0, 0.1) is 0 Å². The first-order chi connectivity index (χ1) is 12.6. The lowest BCUT2D eigenvalue weighted by molar-refractivity contribution is -0.121. The van der Waals surface area contributed by atoms with Crippen LogP contribution in [0.1, 0.15) is 36.9 Å². The van der Waals surface area contributed by atoms with Crippen LogP contribution in [0.15, 0.2) is 42.5 Å². The molecule has 0 saturated heterocycles. The predicted molar refractivity (Wildman–Crippen MR) is 102 cm³/mol. The molecule has 0 saturated carbocycles. The molecule has 0 bridgehead atoms. The predicted octanol–water partition coefficient (Wildman–Crippen LogP) is 3.91. The summed E-state index contributed by atoms with van der Waals surface area (Å²) in [5.41, 5.74) is 2.11. The Labute approximate surface area is 155 Å². The lowest BCUT2D eigenvalue weighted by Gasteiger charge is -2.18. The molecule has 2 rings (SSSR count). The van der Waals surface area contributed by atoms with Crippen LogP contribution in [-0.2, 0) is 11.2 Å². The number of carbonyl (C=O) groups excluding carboxylic acids is 1. The zero-order valence-electron chi connectivity index (χ0n) is 15.9. The first-order valence-corrected chi connectivity index (χ1v) is 8.75. The monoisotopic (exact) mass is 357 g/mol. The van der Waals surface area contributed by atoms with E-state index in [1.807, 2.05) is 42.5 Å². The minimum atomic E-state index is -0.00110. The maximum atomic E-state index is 12.4. The van der Waals surface area contributed by atoms with E-state index in [9.17, 15) is 4.79 Å². The summed E-state index contributed by atoms with van der Waals surface area (Å²) in [6.07, 6.45) is 1.89. The summed E-state index contributed by atoms with van der Waals surface area (Å²) in [5, 5.41) is 3.11. The molecule has 0 radical (unpaired) electrons. The number of aryl methyl sites for hydroxylation is 1. The van der Waals surface area contributed by atoms with Crippen molar-refractivity contribution in [1.29, 1.82) is 0 Å². The van der Waals surface area contributed by atoms with Gasteiger partial charge < -0.3 is 19.5 Å². The van der Waals surface area contributed by atoms with Gasteiger partial charge in [0.25, 0.3) is 0 Å². The van der Waals surface area contributed by atoms with Crippen LogP contribution < -0.4 is 19.5 Å². The van der Waals surface area contributed by atoms with Crippen molar-refractivity contribution in [3.05, 3.63) is 53.6 Å². The molecule has 0 heterocycles. The summed E-state index contributed by atoms with van der Waals surface area (Å²) in [6, 6.07) is 13.5. The van der Waals surface area contributed by atoms with E-state index in [1.165, 1.54) is 0 Å². The average Bonchev–Trinajstić information content (AvgIpc) is 2.70.